The summed E-state index contributed by atoms with van der Waals surface area (Å²) in [4.78, 5) is 29.3. The van der Waals surface area contributed by atoms with E-state index in [4.69, 9.17) is 4.98 Å². The van der Waals surface area contributed by atoms with Gasteiger partial charge in [-0.2, -0.15) is 0 Å². The molecule has 0 atom stereocenters. The zero-order valence-electron chi connectivity index (χ0n) is 21.5. The topological polar surface area (TPSA) is 99.6 Å². The molecule has 0 bridgehead atoms. The first-order chi connectivity index (χ1) is 17.9. The van der Waals surface area contributed by atoms with Crippen molar-refractivity contribution in [2.45, 2.75) is 26.8 Å². The molecule has 2 heterocycles. The number of hydrogen-bond acceptors (Lipinski definition) is 4. The monoisotopic (exact) mass is 498 g/mol. The van der Waals surface area contributed by atoms with Gasteiger partial charge in [-0.05, 0) is 48.7 Å². The molecular weight excluding hydrogens is 464 g/mol. The molecule has 0 aliphatic heterocycles. The number of nitrogens with zero attached hydrogens (tertiary/aromatic N) is 2. The van der Waals surface area contributed by atoms with Gasteiger partial charge in [0.15, 0.2) is 0 Å². The van der Waals surface area contributed by atoms with Crippen LogP contribution in [0, 0.1) is 5.92 Å². The highest BCUT2D eigenvalue weighted by atomic mass is 16.2. The van der Waals surface area contributed by atoms with Gasteiger partial charge in [0.1, 0.15) is 5.65 Å². The molecule has 4 aromatic rings. The molecule has 0 saturated carbocycles. The average Bonchev–Trinajstić information content (AvgIpc) is 3.28. The zero-order chi connectivity index (χ0) is 26.2. The summed E-state index contributed by atoms with van der Waals surface area (Å²) < 4.78 is 1.99. The Morgan fingerprint density at radius 1 is 0.973 bits per heavy atom. The van der Waals surface area contributed by atoms with E-state index in [0.717, 1.165) is 35.6 Å². The van der Waals surface area contributed by atoms with Gasteiger partial charge < -0.3 is 25.7 Å². The molecule has 0 aliphatic carbocycles. The second-order valence-corrected chi connectivity index (χ2v) is 9.35. The molecule has 0 aliphatic rings. The summed E-state index contributed by atoms with van der Waals surface area (Å²) in [5.41, 5.74) is 6.05. The van der Waals surface area contributed by atoms with E-state index in [1.807, 2.05) is 65.2 Å². The molecule has 8 nitrogen and oxygen atoms in total. The molecular formula is C29H34N6O2. The van der Waals surface area contributed by atoms with Crippen LogP contribution in [0.3, 0.4) is 0 Å². The molecule has 0 unspecified atom stereocenters. The predicted molar refractivity (Wildman–Crippen MR) is 148 cm³/mol. The van der Waals surface area contributed by atoms with Gasteiger partial charge in [-0.3, -0.25) is 4.79 Å². The van der Waals surface area contributed by atoms with Crippen LogP contribution in [0.15, 0.2) is 72.9 Å². The lowest BCUT2D eigenvalue weighted by Gasteiger charge is -2.11. The number of benzene rings is 2. The van der Waals surface area contributed by atoms with Crippen LogP contribution in [0.2, 0.25) is 0 Å². The molecule has 4 N–H and O–H groups in total. The maximum absolute atomic E-state index is 12.7. The maximum atomic E-state index is 12.7. The van der Waals surface area contributed by atoms with Crippen LogP contribution < -0.4 is 21.3 Å². The van der Waals surface area contributed by atoms with Gasteiger partial charge in [0.05, 0.1) is 17.0 Å². The Bertz CT molecular complexity index is 1350. The van der Waals surface area contributed by atoms with Gasteiger partial charge in [0, 0.05) is 37.6 Å². The molecule has 0 saturated heterocycles. The van der Waals surface area contributed by atoms with E-state index >= 15 is 0 Å². The summed E-state index contributed by atoms with van der Waals surface area (Å²) >= 11 is 0. The van der Waals surface area contributed by atoms with Crippen LogP contribution in [0.5, 0.6) is 0 Å². The summed E-state index contributed by atoms with van der Waals surface area (Å²) in [7, 11) is 1.58. The van der Waals surface area contributed by atoms with Gasteiger partial charge in [-0.15, -0.1) is 0 Å². The number of urea groups is 1. The fourth-order valence-corrected chi connectivity index (χ4v) is 4.02. The lowest BCUT2D eigenvalue weighted by atomic mass is 10.1. The number of carbonyl (C=O) groups excluding carboxylic acids is 2. The minimum Gasteiger partial charge on any atom is -0.352 e. The normalized spacial score (nSPS) is 11.0. The predicted octanol–water partition coefficient (Wildman–Crippen LogP) is 4.47. The Labute approximate surface area is 217 Å². The largest absolute Gasteiger partial charge is 0.352 e. The van der Waals surface area contributed by atoms with Crippen LogP contribution in [0.25, 0.3) is 16.9 Å². The highest BCUT2D eigenvalue weighted by molar-refractivity contribution is 5.94. The van der Waals surface area contributed by atoms with E-state index in [1.165, 1.54) is 5.56 Å². The third-order valence-corrected chi connectivity index (χ3v) is 6.02. The Morgan fingerprint density at radius 2 is 1.73 bits per heavy atom. The van der Waals surface area contributed by atoms with Crippen molar-refractivity contribution in [3.63, 3.8) is 0 Å². The number of amides is 3. The van der Waals surface area contributed by atoms with E-state index in [-0.39, 0.29) is 11.9 Å². The maximum Gasteiger partial charge on any atom is 0.318 e. The minimum absolute atomic E-state index is 0.0986. The number of fused-ring (bicyclic) bond motifs is 1. The lowest BCUT2D eigenvalue weighted by molar-refractivity contribution is 0.0948. The van der Waals surface area contributed by atoms with E-state index in [1.54, 1.807) is 7.05 Å². The first-order valence-corrected chi connectivity index (χ1v) is 12.6. The Hall–Kier alpha value is -4.17. The lowest BCUT2D eigenvalue weighted by Crippen LogP contribution is -2.27. The van der Waals surface area contributed by atoms with Crippen LogP contribution in [0.1, 0.15) is 35.5 Å². The number of rotatable bonds is 10. The summed E-state index contributed by atoms with van der Waals surface area (Å²) in [6.45, 7) is 6.15. The van der Waals surface area contributed by atoms with Crippen molar-refractivity contribution in [1.29, 1.82) is 0 Å². The fourth-order valence-electron chi connectivity index (χ4n) is 4.02. The summed E-state index contributed by atoms with van der Waals surface area (Å²) in [5.74, 6) is 0.274. The van der Waals surface area contributed by atoms with Crippen LogP contribution >= 0.6 is 0 Å². The molecule has 192 valence electrons. The number of pyridine rings is 1. The molecule has 4 rings (SSSR count). The number of anilines is 1. The zero-order valence-corrected chi connectivity index (χ0v) is 21.5. The van der Waals surface area contributed by atoms with Crippen molar-refractivity contribution in [2.75, 3.05) is 25.5 Å². The second kappa shape index (κ2) is 12.2. The molecule has 0 spiro atoms. The smallest absolute Gasteiger partial charge is 0.318 e. The van der Waals surface area contributed by atoms with Gasteiger partial charge in [-0.25, -0.2) is 9.78 Å². The first kappa shape index (κ1) is 25.9. The van der Waals surface area contributed by atoms with Crippen molar-refractivity contribution >= 4 is 23.3 Å². The average molecular weight is 499 g/mol. The van der Waals surface area contributed by atoms with Gasteiger partial charge in [0.2, 0.25) is 0 Å². The second-order valence-electron chi connectivity index (χ2n) is 9.35. The summed E-state index contributed by atoms with van der Waals surface area (Å²) in [5, 5.41) is 11.9. The van der Waals surface area contributed by atoms with Crippen molar-refractivity contribution in [3.8, 4) is 11.3 Å². The van der Waals surface area contributed by atoms with Crippen LogP contribution in [0.4, 0.5) is 10.5 Å². The van der Waals surface area contributed by atoms with E-state index in [9.17, 15) is 9.59 Å². The highest BCUT2D eigenvalue weighted by Crippen LogP contribution is 2.26. The van der Waals surface area contributed by atoms with Crippen LogP contribution in [-0.2, 0) is 13.0 Å². The Kier molecular flexibility index (Phi) is 8.53. The standard InChI is InChI=1S/C29H34N6O2/c1-20(2)17-32-28(36)23-11-14-26-34-27(22-9-12-24(13-10-22)33-29(37)30-3)25(35(26)19-23)18-31-16-15-21-7-5-4-6-8-21/h4-14,19-20,31H,15-18H2,1-3H3,(H,32,36)(H2,30,33,37). The minimum atomic E-state index is -0.271. The van der Waals surface area contributed by atoms with E-state index in [0.29, 0.717) is 30.3 Å². The quantitative estimate of drug-likeness (QED) is 0.242. The summed E-state index contributed by atoms with van der Waals surface area (Å²) in [6.07, 6.45) is 2.77. The number of imidazole rings is 1. The van der Waals surface area contributed by atoms with Crippen molar-refractivity contribution < 1.29 is 9.59 Å². The van der Waals surface area contributed by atoms with Gasteiger partial charge >= 0.3 is 6.03 Å². The Balaban J connectivity index is 1.61. The van der Waals surface area contributed by atoms with Crippen molar-refractivity contribution in [2.24, 2.45) is 5.92 Å². The SMILES string of the molecule is CNC(=O)Nc1ccc(-c2nc3ccc(C(=O)NCC(C)C)cn3c2CNCCc2ccccc2)cc1. The third kappa shape index (κ3) is 6.74. The van der Waals surface area contributed by atoms with E-state index < -0.39 is 0 Å². The molecule has 8 heteroatoms. The number of carbonyl (C=O) groups is 2. The molecule has 0 radical (unpaired) electrons. The van der Waals surface area contributed by atoms with E-state index in [2.05, 4.69) is 47.2 Å². The summed E-state index contributed by atoms with van der Waals surface area (Å²) in [6, 6.07) is 21.4. The highest BCUT2D eigenvalue weighted by Gasteiger charge is 2.16. The Morgan fingerprint density at radius 3 is 2.43 bits per heavy atom. The number of hydrogen-bond donors (Lipinski definition) is 4. The molecule has 2 aromatic carbocycles. The number of nitrogens with one attached hydrogen (secondary N) is 4. The molecule has 37 heavy (non-hydrogen) atoms. The molecule has 2 aromatic heterocycles. The first-order valence-electron chi connectivity index (χ1n) is 12.6. The van der Waals surface area contributed by atoms with Gasteiger partial charge in [0.25, 0.3) is 5.91 Å². The van der Waals surface area contributed by atoms with Crippen molar-refractivity contribution in [3.05, 3.63) is 89.7 Å². The molecule has 3 amide bonds. The fraction of sp³-hybridized carbons (Fsp3) is 0.276. The van der Waals surface area contributed by atoms with Crippen LogP contribution in [-0.4, -0.2) is 41.5 Å². The van der Waals surface area contributed by atoms with Gasteiger partial charge in [-0.1, -0.05) is 56.3 Å². The third-order valence-electron chi connectivity index (χ3n) is 6.02. The van der Waals surface area contributed by atoms with Crippen molar-refractivity contribution in [1.82, 2.24) is 25.3 Å². The number of aromatic nitrogens is 2. The molecule has 0 fully saturated rings.